The van der Waals surface area contributed by atoms with Crippen molar-refractivity contribution in [3.8, 4) is 5.75 Å². The maximum absolute atomic E-state index is 12.1. The molecule has 31 heavy (non-hydrogen) atoms. The van der Waals surface area contributed by atoms with Crippen LogP contribution in [0.3, 0.4) is 0 Å². The second-order valence-corrected chi connectivity index (χ2v) is 10.6. The molecule has 0 spiro atoms. The Morgan fingerprint density at radius 1 is 0.839 bits per heavy atom. The van der Waals surface area contributed by atoms with Crippen LogP contribution in [0.15, 0.2) is 54.6 Å². The summed E-state index contributed by atoms with van der Waals surface area (Å²) in [7, 11) is 0. The van der Waals surface area contributed by atoms with Gasteiger partial charge in [-0.05, 0) is 43.7 Å². The fourth-order valence-electron chi connectivity index (χ4n) is 6.63. The maximum atomic E-state index is 12.1. The van der Waals surface area contributed by atoms with Gasteiger partial charge in [-0.2, -0.15) is 0 Å². The summed E-state index contributed by atoms with van der Waals surface area (Å²) in [5, 5.41) is 12.1. The summed E-state index contributed by atoms with van der Waals surface area (Å²) in [4.78, 5) is 5.07. The molecule has 2 aromatic carbocycles. The van der Waals surface area contributed by atoms with E-state index in [9.17, 15) is 5.11 Å². The number of piperazine rings is 1. The van der Waals surface area contributed by atoms with Gasteiger partial charge in [0.15, 0.2) is 0 Å². The first-order chi connectivity index (χ1) is 14.6. The molecule has 0 radical (unpaired) electrons. The first-order valence-electron chi connectivity index (χ1n) is 11.6. The quantitative estimate of drug-likeness (QED) is 0.742. The Morgan fingerprint density at radius 3 is 1.90 bits per heavy atom. The molecule has 2 aliphatic rings. The van der Waals surface area contributed by atoms with Crippen molar-refractivity contribution in [2.75, 3.05) is 31.1 Å². The summed E-state index contributed by atoms with van der Waals surface area (Å²) in [6.07, 6.45) is 0.143. The molecule has 4 nitrogen and oxygen atoms in total. The van der Waals surface area contributed by atoms with E-state index >= 15 is 0 Å². The highest BCUT2D eigenvalue weighted by Crippen LogP contribution is 2.68. The Labute approximate surface area is 187 Å². The van der Waals surface area contributed by atoms with E-state index in [4.69, 9.17) is 4.74 Å². The fourth-order valence-corrected chi connectivity index (χ4v) is 6.63. The number of para-hydroxylation sites is 1. The lowest BCUT2D eigenvalue weighted by atomic mass is 9.39. The number of rotatable bonds is 5. The van der Waals surface area contributed by atoms with Gasteiger partial charge < -0.3 is 14.7 Å². The van der Waals surface area contributed by atoms with Gasteiger partial charge in [0.25, 0.3) is 0 Å². The Kier molecular flexibility index (Phi) is 5.60. The van der Waals surface area contributed by atoms with Crippen LogP contribution in [0.2, 0.25) is 0 Å². The molecule has 1 saturated carbocycles. The zero-order valence-electron chi connectivity index (χ0n) is 19.9. The first-order valence-corrected chi connectivity index (χ1v) is 11.6. The Hall–Kier alpha value is -2.04. The zero-order valence-corrected chi connectivity index (χ0v) is 19.9. The Morgan fingerprint density at radius 2 is 1.39 bits per heavy atom. The molecular formula is C27H38N2O2. The molecule has 1 saturated heterocycles. The van der Waals surface area contributed by atoms with Crippen LogP contribution in [-0.2, 0) is 5.60 Å². The van der Waals surface area contributed by atoms with Crippen molar-refractivity contribution in [3.05, 3.63) is 60.2 Å². The summed E-state index contributed by atoms with van der Waals surface area (Å²) >= 11 is 0. The van der Waals surface area contributed by atoms with E-state index in [1.165, 1.54) is 5.69 Å². The molecule has 4 heteroatoms. The second kappa shape index (κ2) is 7.83. The number of benzene rings is 2. The minimum absolute atomic E-state index is 0.143. The van der Waals surface area contributed by atoms with Crippen molar-refractivity contribution in [1.29, 1.82) is 0 Å². The van der Waals surface area contributed by atoms with Crippen LogP contribution in [0.5, 0.6) is 5.75 Å². The number of aliphatic hydroxyl groups is 1. The molecule has 4 rings (SSSR count). The standard InChI is InChI=1S/C27H38N2O2/c1-20(2)31-23-14-12-21(13-15-23)27(30)25(3,4)24(26(27,5)6)29-18-16-28(17-19-29)22-10-8-7-9-11-22/h7-15,20,24,30H,16-19H2,1-6H3. The summed E-state index contributed by atoms with van der Waals surface area (Å²) in [6.45, 7) is 17.0. The molecule has 1 aliphatic heterocycles. The van der Waals surface area contributed by atoms with E-state index in [1.54, 1.807) is 0 Å². The molecule has 2 fully saturated rings. The van der Waals surface area contributed by atoms with E-state index in [-0.39, 0.29) is 16.9 Å². The topological polar surface area (TPSA) is 35.9 Å². The van der Waals surface area contributed by atoms with Gasteiger partial charge in [-0.3, -0.25) is 4.90 Å². The van der Waals surface area contributed by atoms with Crippen LogP contribution in [0.1, 0.15) is 47.1 Å². The van der Waals surface area contributed by atoms with Crippen LogP contribution in [0.4, 0.5) is 5.69 Å². The van der Waals surface area contributed by atoms with E-state index < -0.39 is 5.60 Å². The third-order valence-corrected chi connectivity index (χ3v) is 7.68. The molecule has 0 amide bonds. The van der Waals surface area contributed by atoms with Crippen LogP contribution < -0.4 is 9.64 Å². The Bertz CT molecular complexity index is 865. The first kappa shape index (κ1) is 22.2. The molecule has 0 aromatic heterocycles. The number of anilines is 1. The molecule has 168 valence electrons. The molecule has 1 aliphatic carbocycles. The molecule has 1 N–H and O–H groups in total. The zero-order chi connectivity index (χ0) is 22.4. The third-order valence-electron chi connectivity index (χ3n) is 7.68. The van der Waals surface area contributed by atoms with E-state index in [0.29, 0.717) is 6.04 Å². The second-order valence-electron chi connectivity index (χ2n) is 10.6. The third kappa shape index (κ3) is 3.44. The summed E-state index contributed by atoms with van der Waals surface area (Å²) < 4.78 is 5.81. The van der Waals surface area contributed by atoms with Gasteiger partial charge in [-0.25, -0.2) is 0 Å². The predicted molar refractivity (Wildman–Crippen MR) is 128 cm³/mol. The lowest BCUT2D eigenvalue weighted by molar-refractivity contribution is -0.307. The summed E-state index contributed by atoms with van der Waals surface area (Å²) in [5.41, 5.74) is 0.877. The molecule has 1 heterocycles. The highest BCUT2D eigenvalue weighted by molar-refractivity contribution is 5.46. The maximum Gasteiger partial charge on any atom is 0.119 e. The highest BCUT2D eigenvalue weighted by atomic mass is 16.5. The normalized spacial score (nSPS) is 27.7. The van der Waals surface area contributed by atoms with Crippen molar-refractivity contribution in [3.63, 3.8) is 0 Å². The van der Waals surface area contributed by atoms with E-state index in [1.807, 2.05) is 38.1 Å². The molecule has 0 unspecified atom stereocenters. The van der Waals surface area contributed by atoms with Gasteiger partial charge in [-0.1, -0.05) is 58.0 Å². The smallest absolute Gasteiger partial charge is 0.119 e. The van der Waals surface area contributed by atoms with E-state index in [2.05, 4.69) is 67.8 Å². The fraction of sp³-hybridized carbons (Fsp3) is 0.556. The van der Waals surface area contributed by atoms with Crippen molar-refractivity contribution < 1.29 is 9.84 Å². The van der Waals surface area contributed by atoms with Crippen molar-refractivity contribution in [1.82, 2.24) is 4.90 Å². The molecule has 0 atom stereocenters. The minimum atomic E-state index is -0.891. The van der Waals surface area contributed by atoms with Gasteiger partial charge in [0.1, 0.15) is 11.4 Å². The minimum Gasteiger partial charge on any atom is -0.491 e. The lowest BCUT2D eigenvalue weighted by Crippen LogP contribution is -2.79. The molecule has 0 bridgehead atoms. The SMILES string of the molecule is CC(C)Oc1ccc(C2(O)C(C)(C)C(N3CCN(c4ccccc4)CC3)C2(C)C)cc1. The van der Waals surface area contributed by atoms with Crippen molar-refractivity contribution >= 4 is 5.69 Å². The number of hydrogen-bond donors (Lipinski definition) is 1. The van der Waals surface area contributed by atoms with Crippen LogP contribution in [0.25, 0.3) is 0 Å². The monoisotopic (exact) mass is 422 g/mol. The van der Waals surface area contributed by atoms with Gasteiger partial charge in [-0.15, -0.1) is 0 Å². The predicted octanol–water partition coefficient (Wildman–Crippen LogP) is 4.92. The summed E-state index contributed by atoms with van der Waals surface area (Å²) in [6, 6.07) is 19.1. The van der Waals surface area contributed by atoms with Gasteiger partial charge in [0.05, 0.1) is 6.10 Å². The van der Waals surface area contributed by atoms with Gasteiger partial charge in [0, 0.05) is 48.7 Å². The number of nitrogens with zero attached hydrogens (tertiary/aromatic N) is 2. The van der Waals surface area contributed by atoms with Gasteiger partial charge in [0.2, 0.25) is 0 Å². The summed E-state index contributed by atoms with van der Waals surface area (Å²) in [5.74, 6) is 0.853. The lowest BCUT2D eigenvalue weighted by Gasteiger charge is -2.72. The average molecular weight is 423 g/mol. The van der Waals surface area contributed by atoms with Gasteiger partial charge >= 0.3 is 0 Å². The van der Waals surface area contributed by atoms with Crippen LogP contribution in [0, 0.1) is 10.8 Å². The van der Waals surface area contributed by atoms with Crippen molar-refractivity contribution in [2.45, 2.75) is 59.3 Å². The average Bonchev–Trinajstić information content (AvgIpc) is 2.74. The molecular weight excluding hydrogens is 384 g/mol. The number of ether oxygens (including phenoxy) is 1. The van der Waals surface area contributed by atoms with Crippen LogP contribution in [-0.4, -0.2) is 48.3 Å². The van der Waals surface area contributed by atoms with Crippen LogP contribution >= 0.6 is 0 Å². The Balaban J connectivity index is 1.51. The van der Waals surface area contributed by atoms with Crippen molar-refractivity contribution in [2.24, 2.45) is 10.8 Å². The largest absolute Gasteiger partial charge is 0.491 e. The van der Waals surface area contributed by atoms with E-state index in [0.717, 1.165) is 37.5 Å². The molecule has 2 aromatic rings. The highest BCUT2D eigenvalue weighted by Gasteiger charge is 2.73. The number of hydrogen-bond acceptors (Lipinski definition) is 4.